The molecule has 1 fully saturated rings. The Morgan fingerprint density at radius 1 is 1.09 bits per heavy atom. The molecule has 33 heavy (non-hydrogen) atoms. The SMILES string of the molecule is COc1nc(C)c2nc(-c3cncc(F)c3)n(Cc3ccc(C4CCNCC4)cc3F)c2n1. The van der Waals surface area contributed by atoms with Crippen molar-refractivity contribution < 1.29 is 13.5 Å². The zero-order valence-corrected chi connectivity index (χ0v) is 18.5. The van der Waals surface area contributed by atoms with Gasteiger partial charge in [-0.2, -0.15) is 9.97 Å². The first kappa shape index (κ1) is 21.4. The normalized spacial score (nSPS) is 14.7. The number of nitrogens with zero attached hydrogens (tertiary/aromatic N) is 5. The van der Waals surface area contributed by atoms with Crippen molar-refractivity contribution in [1.29, 1.82) is 0 Å². The van der Waals surface area contributed by atoms with Crippen molar-refractivity contribution in [2.75, 3.05) is 20.2 Å². The molecule has 7 nitrogen and oxygen atoms in total. The molecule has 0 aliphatic carbocycles. The summed E-state index contributed by atoms with van der Waals surface area (Å²) >= 11 is 0. The average molecular weight is 450 g/mol. The number of pyridine rings is 1. The lowest BCUT2D eigenvalue weighted by Gasteiger charge is -2.23. The van der Waals surface area contributed by atoms with E-state index in [1.807, 2.05) is 12.1 Å². The third-order valence-corrected chi connectivity index (χ3v) is 6.11. The molecule has 0 spiro atoms. The third kappa shape index (κ3) is 4.16. The second kappa shape index (κ2) is 8.82. The van der Waals surface area contributed by atoms with Crippen LogP contribution in [0.25, 0.3) is 22.6 Å². The molecule has 0 unspecified atom stereocenters. The van der Waals surface area contributed by atoms with Crippen molar-refractivity contribution in [2.45, 2.75) is 32.2 Å². The van der Waals surface area contributed by atoms with E-state index in [0.717, 1.165) is 37.7 Å². The van der Waals surface area contributed by atoms with Gasteiger partial charge in [0.15, 0.2) is 5.65 Å². The van der Waals surface area contributed by atoms with E-state index in [9.17, 15) is 4.39 Å². The van der Waals surface area contributed by atoms with Gasteiger partial charge in [0, 0.05) is 17.3 Å². The van der Waals surface area contributed by atoms with E-state index in [1.165, 1.54) is 19.4 Å². The van der Waals surface area contributed by atoms with Crippen LogP contribution in [0.3, 0.4) is 0 Å². The quantitative estimate of drug-likeness (QED) is 0.495. The third-order valence-electron chi connectivity index (χ3n) is 6.11. The lowest BCUT2D eigenvalue weighted by atomic mass is 9.89. The fourth-order valence-electron chi connectivity index (χ4n) is 4.38. The molecule has 3 aromatic heterocycles. The van der Waals surface area contributed by atoms with Crippen LogP contribution in [0.1, 0.15) is 35.6 Å². The van der Waals surface area contributed by atoms with Crippen molar-refractivity contribution in [1.82, 2.24) is 29.8 Å². The molecule has 0 saturated carbocycles. The molecular formula is C24H24F2N6O. The molecule has 0 amide bonds. The van der Waals surface area contributed by atoms with E-state index >= 15 is 4.39 Å². The van der Waals surface area contributed by atoms with Gasteiger partial charge in [0.1, 0.15) is 23.0 Å². The summed E-state index contributed by atoms with van der Waals surface area (Å²) in [5.41, 5.74) is 3.62. The zero-order valence-electron chi connectivity index (χ0n) is 18.5. The summed E-state index contributed by atoms with van der Waals surface area (Å²) in [4.78, 5) is 17.4. The first-order chi connectivity index (χ1) is 16.0. The molecule has 9 heteroatoms. The molecule has 0 bridgehead atoms. The number of piperidine rings is 1. The fraction of sp³-hybridized carbons (Fsp3) is 0.333. The lowest BCUT2D eigenvalue weighted by molar-refractivity contribution is 0.380. The highest BCUT2D eigenvalue weighted by Crippen LogP contribution is 2.30. The van der Waals surface area contributed by atoms with Gasteiger partial charge in [0.05, 0.1) is 25.5 Å². The molecule has 1 aliphatic rings. The highest BCUT2D eigenvalue weighted by Gasteiger charge is 2.21. The summed E-state index contributed by atoms with van der Waals surface area (Å²) in [5.74, 6) is 0.0277. The Kier molecular flexibility index (Phi) is 5.72. The standard InChI is InChI=1S/C24H24F2N6O/c1-14-21-23(31-24(29-14)33-2)32(22(30-21)18-9-19(25)12-28-11-18)13-17-4-3-16(10-20(17)26)15-5-7-27-8-6-15/h3-4,9-12,15,27H,5-8,13H2,1-2H3. The maximum atomic E-state index is 15.2. The molecule has 1 saturated heterocycles. The van der Waals surface area contributed by atoms with Crippen LogP contribution in [-0.2, 0) is 6.54 Å². The van der Waals surface area contributed by atoms with Gasteiger partial charge in [-0.1, -0.05) is 12.1 Å². The van der Waals surface area contributed by atoms with Crippen LogP contribution in [0.5, 0.6) is 6.01 Å². The Bertz CT molecular complexity index is 1320. The van der Waals surface area contributed by atoms with Gasteiger partial charge < -0.3 is 14.6 Å². The second-order valence-electron chi connectivity index (χ2n) is 8.26. The Morgan fingerprint density at radius 2 is 1.91 bits per heavy atom. The van der Waals surface area contributed by atoms with Crippen LogP contribution >= 0.6 is 0 Å². The van der Waals surface area contributed by atoms with Gasteiger partial charge in [-0.25, -0.2) is 13.8 Å². The minimum atomic E-state index is -0.482. The van der Waals surface area contributed by atoms with Crippen molar-refractivity contribution in [3.05, 3.63) is 65.1 Å². The van der Waals surface area contributed by atoms with Crippen molar-refractivity contribution in [3.8, 4) is 17.4 Å². The van der Waals surface area contributed by atoms with Crippen molar-refractivity contribution in [3.63, 3.8) is 0 Å². The molecule has 4 heterocycles. The first-order valence-electron chi connectivity index (χ1n) is 10.9. The summed E-state index contributed by atoms with van der Waals surface area (Å²) in [6.45, 7) is 3.86. The van der Waals surface area contributed by atoms with Gasteiger partial charge >= 0.3 is 6.01 Å². The summed E-state index contributed by atoms with van der Waals surface area (Å²) in [6.07, 6.45) is 4.65. The zero-order chi connectivity index (χ0) is 22.9. The Hall–Kier alpha value is -3.46. The molecule has 1 aliphatic heterocycles. The highest BCUT2D eigenvalue weighted by molar-refractivity contribution is 5.79. The number of imidazole rings is 1. The molecule has 0 atom stereocenters. The van der Waals surface area contributed by atoms with Gasteiger partial charge in [-0.05, 0) is 56.5 Å². The van der Waals surface area contributed by atoms with Crippen LogP contribution in [0, 0.1) is 18.6 Å². The molecular weight excluding hydrogens is 426 g/mol. The minimum Gasteiger partial charge on any atom is -0.467 e. The molecule has 1 N–H and O–H groups in total. The molecule has 1 aromatic carbocycles. The second-order valence-corrected chi connectivity index (χ2v) is 8.26. The predicted octanol–water partition coefficient (Wildman–Crippen LogP) is 4.00. The number of aromatic nitrogens is 5. The number of methoxy groups -OCH3 is 1. The summed E-state index contributed by atoms with van der Waals surface area (Å²) < 4.78 is 36.2. The summed E-state index contributed by atoms with van der Waals surface area (Å²) in [7, 11) is 1.48. The number of fused-ring (bicyclic) bond motifs is 1. The van der Waals surface area contributed by atoms with Gasteiger partial charge in [-0.15, -0.1) is 0 Å². The summed E-state index contributed by atoms with van der Waals surface area (Å²) in [5, 5.41) is 3.34. The largest absolute Gasteiger partial charge is 0.467 e. The number of aryl methyl sites for hydroxylation is 1. The number of rotatable bonds is 5. The van der Waals surface area contributed by atoms with E-state index in [0.29, 0.717) is 39.7 Å². The predicted molar refractivity (Wildman–Crippen MR) is 120 cm³/mol. The minimum absolute atomic E-state index is 0.167. The highest BCUT2D eigenvalue weighted by atomic mass is 19.1. The number of hydrogen-bond acceptors (Lipinski definition) is 6. The van der Waals surface area contributed by atoms with Crippen LogP contribution in [0.4, 0.5) is 8.78 Å². The van der Waals surface area contributed by atoms with E-state index < -0.39 is 5.82 Å². The monoisotopic (exact) mass is 450 g/mol. The van der Waals surface area contributed by atoms with E-state index in [1.54, 1.807) is 17.6 Å². The van der Waals surface area contributed by atoms with Gasteiger partial charge in [0.2, 0.25) is 0 Å². The van der Waals surface area contributed by atoms with E-state index in [2.05, 4.69) is 25.3 Å². The number of nitrogens with one attached hydrogen (secondary N) is 1. The molecule has 5 rings (SSSR count). The van der Waals surface area contributed by atoms with E-state index in [4.69, 9.17) is 4.74 Å². The Balaban J connectivity index is 1.60. The molecule has 4 aromatic rings. The summed E-state index contributed by atoms with van der Waals surface area (Å²) in [6, 6.07) is 6.98. The van der Waals surface area contributed by atoms with Crippen LogP contribution < -0.4 is 10.1 Å². The first-order valence-corrected chi connectivity index (χ1v) is 10.9. The number of hydrogen-bond donors (Lipinski definition) is 1. The number of ether oxygens (including phenoxy) is 1. The lowest BCUT2D eigenvalue weighted by Crippen LogP contribution is -2.26. The fourth-order valence-corrected chi connectivity index (χ4v) is 4.38. The average Bonchev–Trinajstić information content (AvgIpc) is 3.19. The Labute approximate surface area is 189 Å². The van der Waals surface area contributed by atoms with E-state index in [-0.39, 0.29) is 18.4 Å². The smallest absolute Gasteiger partial charge is 0.318 e. The van der Waals surface area contributed by atoms with Crippen LogP contribution in [0.2, 0.25) is 0 Å². The maximum Gasteiger partial charge on any atom is 0.318 e. The Morgan fingerprint density at radius 3 is 2.64 bits per heavy atom. The van der Waals surface area contributed by atoms with Crippen molar-refractivity contribution in [2.24, 2.45) is 0 Å². The number of halogens is 2. The van der Waals surface area contributed by atoms with Crippen LogP contribution in [0.15, 0.2) is 36.7 Å². The van der Waals surface area contributed by atoms with Crippen LogP contribution in [-0.4, -0.2) is 44.7 Å². The number of benzene rings is 1. The van der Waals surface area contributed by atoms with Gasteiger partial charge in [0.25, 0.3) is 0 Å². The van der Waals surface area contributed by atoms with Crippen molar-refractivity contribution >= 4 is 11.2 Å². The van der Waals surface area contributed by atoms with Gasteiger partial charge in [-0.3, -0.25) is 4.98 Å². The maximum absolute atomic E-state index is 15.2. The molecule has 170 valence electrons. The molecule has 0 radical (unpaired) electrons. The topological polar surface area (TPSA) is 77.8 Å².